The Hall–Kier alpha value is -2.61. The molecule has 7 nitrogen and oxygen atoms in total. The van der Waals surface area contributed by atoms with E-state index in [1.807, 2.05) is 0 Å². The molecule has 0 atom stereocenters. The number of ketones is 1. The quantitative estimate of drug-likeness (QED) is 0.438. The number of rotatable bonds is 5. The minimum Gasteiger partial charge on any atom is -0.336 e. The molecule has 0 saturated heterocycles. The van der Waals surface area contributed by atoms with E-state index in [4.69, 9.17) is 15.8 Å². The van der Waals surface area contributed by atoms with Crippen molar-refractivity contribution in [3.05, 3.63) is 53.6 Å². The molecule has 0 aromatic heterocycles. The molecule has 7 heteroatoms. The standard InChI is InChI=1S/C13H10O7/c14-11(8-4-2-1-3-5-8)9-6-7-10(18-15)13(20-17)12(9)19-16/h1-7,15-17H. The van der Waals surface area contributed by atoms with Gasteiger partial charge in [0.05, 0.1) is 5.56 Å². The zero-order valence-corrected chi connectivity index (χ0v) is 10.0. The van der Waals surface area contributed by atoms with Gasteiger partial charge in [0.2, 0.25) is 11.5 Å². The summed E-state index contributed by atoms with van der Waals surface area (Å²) in [7, 11) is 0. The number of hydrogen-bond donors (Lipinski definition) is 3. The van der Waals surface area contributed by atoms with Crippen molar-refractivity contribution in [3.63, 3.8) is 0 Å². The topological polar surface area (TPSA) is 105 Å². The number of benzene rings is 2. The summed E-state index contributed by atoms with van der Waals surface area (Å²) in [5.74, 6) is -1.82. The highest BCUT2D eigenvalue weighted by atomic mass is 17.1. The molecule has 2 aromatic carbocycles. The number of carbonyl (C=O) groups is 1. The van der Waals surface area contributed by atoms with E-state index < -0.39 is 17.3 Å². The Morgan fingerprint density at radius 3 is 2.00 bits per heavy atom. The van der Waals surface area contributed by atoms with E-state index in [0.29, 0.717) is 5.56 Å². The molecule has 0 spiro atoms. The molecule has 0 aliphatic heterocycles. The van der Waals surface area contributed by atoms with E-state index in [2.05, 4.69) is 14.7 Å². The molecule has 20 heavy (non-hydrogen) atoms. The Balaban J connectivity index is 2.55. The summed E-state index contributed by atoms with van der Waals surface area (Å²) >= 11 is 0. The van der Waals surface area contributed by atoms with Crippen LogP contribution in [-0.4, -0.2) is 21.6 Å². The van der Waals surface area contributed by atoms with Crippen molar-refractivity contribution in [2.75, 3.05) is 0 Å². The van der Waals surface area contributed by atoms with Crippen LogP contribution >= 0.6 is 0 Å². The van der Waals surface area contributed by atoms with Gasteiger partial charge in [-0.3, -0.25) is 4.79 Å². The largest absolute Gasteiger partial charge is 0.336 e. The first kappa shape index (κ1) is 13.8. The van der Waals surface area contributed by atoms with Crippen LogP contribution in [0.15, 0.2) is 42.5 Å². The maximum absolute atomic E-state index is 12.3. The Bertz CT molecular complexity index is 610. The van der Waals surface area contributed by atoms with Crippen molar-refractivity contribution in [1.29, 1.82) is 0 Å². The molecule has 0 heterocycles. The van der Waals surface area contributed by atoms with Crippen molar-refractivity contribution >= 4 is 5.78 Å². The van der Waals surface area contributed by atoms with Gasteiger partial charge in [0.1, 0.15) is 0 Å². The Morgan fingerprint density at radius 2 is 1.45 bits per heavy atom. The predicted octanol–water partition coefficient (Wildman–Crippen LogP) is 2.47. The third-order valence-corrected chi connectivity index (χ3v) is 2.64. The summed E-state index contributed by atoms with van der Waals surface area (Å²) < 4.78 is 0. The first-order chi connectivity index (χ1) is 9.72. The highest BCUT2D eigenvalue weighted by molar-refractivity contribution is 6.11. The molecule has 0 fully saturated rings. The van der Waals surface area contributed by atoms with Gasteiger partial charge < -0.3 is 14.7 Å². The van der Waals surface area contributed by atoms with Gasteiger partial charge in [-0.15, -0.1) is 0 Å². The molecular weight excluding hydrogens is 268 g/mol. The van der Waals surface area contributed by atoms with Crippen LogP contribution in [0.3, 0.4) is 0 Å². The summed E-state index contributed by atoms with van der Waals surface area (Å²) in [6.07, 6.45) is 0. The van der Waals surface area contributed by atoms with Gasteiger partial charge in [-0.2, -0.15) is 0 Å². The summed E-state index contributed by atoms with van der Waals surface area (Å²) in [5, 5.41) is 26.2. The first-order valence-electron chi connectivity index (χ1n) is 5.44. The second-order valence-electron chi connectivity index (χ2n) is 3.74. The fourth-order valence-electron chi connectivity index (χ4n) is 1.72. The summed E-state index contributed by atoms with van der Waals surface area (Å²) in [6.45, 7) is 0. The van der Waals surface area contributed by atoms with Crippen LogP contribution in [-0.2, 0) is 0 Å². The van der Waals surface area contributed by atoms with Crippen molar-refractivity contribution in [2.45, 2.75) is 0 Å². The van der Waals surface area contributed by atoms with Crippen molar-refractivity contribution < 1.29 is 35.2 Å². The zero-order chi connectivity index (χ0) is 14.5. The highest BCUT2D eigenvalue weighted by Gasteiger charge is 2.24. The summed E-state index contributed by atoms with van der Waals surface area (Å²) in [6, 6.07) is 10.6. The lowest BCUT2D eigenvalue weighted by atomic mass is 10.0. The molecule has 3 N–H and O–H groups in total. The first-order valence-corrected chi connectivity index (χ1v) is 5.44. The lowest BCUT2D eigenvalue weighted by Crippen LogP contribution is -2.06. The van der Waals surface area contributed by atoms with E-state index in [1.54, 1.807) is 30.3 Å². The molecule has 0 unspecified atom stereocenters. The zero-order valence-electron chi connectivity index (χ0n) is 10.0. The fraction of sp³-hybridized carbons (Fsp3) is 0. The third kappa shape index (κ3) is 2.41. The Kier molecular flexibility index (Phi) is 4.16. The molecule has 0 amide bonds. The third-order valence-electron chi connectivity index (χ3n) is 2.64. The van der Waals surface area contributed by atoms with Crippen LogP contribution in [0.25, 0.3) is 0 Å². The molecule has 0 saturated carbocycles. The van der Waals surface area contributed by atoms with Crippen LogP contribution in [0.4, 0.5) is 0 Å². The van der Waals surface area contributed by atoms with Crippen LogP contribution in [0.5, 0.6) is 17.2 Å². The minimum absolute atomic E-state index is 0.0800. The van der Waals surface area contributed by atoms with E-state index >= 15 is 0 Å². The van der Waals surface area contributed by atoms with Crippen LogP contribution in [0.2, 0.25) is 0 Å². The molecule has 104 valence electrons. The van der Waals surface area contributed by atoms with Crippen molar-refractivity contribution in [2.24, 2.45) is 0 Å². The van der Waals surface area contributed by atoms with Crippen molar-refractivity contribution in [1.82, 2.24) is 0 Å². The SMILES string of the molecule is O=C(c1ccccc1)c1ccc(OO)c(OO)c1OO. The van der Waals surface area contributed by atoms with Gasteiger partial charge >= 0.3 is 0 Å². The lowest BCUT2D eigenvalue weighted by molar-refractivity contribution is -0.178. The van der Waals surface area contributed by atoms with Gasteiger partial charge in [0.15, 0.2) is 5.78 Å². The maximum atomic E-state index is 12.3. The van der Waals surface area contributed by atoms with Gasteiger partial charge in [0.25, 0.3) is 5.75 Å². The van der Waals surface area contributed by atoms with Gasteiger partial charge in [-0.25, -0.2) is 15.8 Å². The Labute approximate surface area is 113 Å². The van der Waals surface area contributed by atoms with Crippen LogP contribution < -0.4 is 14.7 Å². The molecule has 0 aliphatic rings. The molecule has 2 rings (SSSR count). The second-order valence-corrected chi connectivity index (χ2v) is 3.74. The van der Waals surface area contributed by atoms with E-state index in [1.165, 1.54) is 12.1 Å². The van der Waals surface area contributed by atoms with Gasteiger partial charge in [-0.05, 0) is 12.1 Å². The summed E-state index contributed by atoms with van der Waals surface area (Å²) in [4.78, 5) is 24.2. The number of hydrogen-bond acceptors (Lipinski definition) is 7. The maximum Gasteiger partial charge on any atom is 0.257 e. The summed E-state index contributed by atoms with van der Waals surface area (Å²) in [5.41, 5.74) is 0.260. The predicted molar refractivity (Wildman–Crippen MR) is 66.1 cm³/mol. The monoisotopic (exact) mass is 278 g/mol. The smallest absolute Gasteiger partial charge is 0.257 e. The van der Waals surface area contributed by atoms with Crippen LogP contribution in [0, 0.1) is 0 Å². The average molecular weight is 278 g/mol. The lowest BCUT2D eigenvalue weighted by Gasteiger charge is -2.11. The normalized spacial score (nSPS) is 9.95. The van der Waals surface area contributed by atoms with E-state index in [9.17, 15) is 4.79 Å². The second kappa shape index (κ2) is 6.02. The minimum atomic E-state index is -0.531. The average Bonchev–Trinajstić information content (AvgIpc) is 2.53. The molecular formula is C13H10O7. The molecule has 2 aromatic rings. The Morgan fingerprint density at radius 1 is 0.800 bits per heavy atom. The van der Waals surface area contributed by atoms with Gasteiger partial charge in [0, 0.05) is 5.56 Å². The van der Waals surface area contributed by atoms with Crippen molar-refractivity contribution in [3.8, 4) is 17.2 Å². The van der Waals surface area contributed by atoms with Crippen LogP contribution in [0.1, 0.15) is 15.9 Å². The molecule has 0 aliphatic carbocycles. The van der Waals surface area contributed by atoms with E-state index in [-0.39, 0.29) is 11.3 Å². The highest BCUT2D eigenvalue weighted by Crippen LogP contribution is 2.40. The van der Waals surface area contributed by atoms with Gasteiger partial charge in [-0.1, -0.05) is 30.3 Å². The molecule has 0 bridgehead atoms. The van der Waals surface area contributed by atoms with E-state index in [0.717, 1.165) is 0 Å². The molecule has 0 radical (unpaired) electrons. The number of carbonyl (C=O) groups excluding carboxylic acids is 1. The fourth-order valence-corrected chi connectivity index (χ4v) is 1.72.